The quantitative estimate of drug-likeness (QED) is 0.608. The molecule has 0 bridgehead atoms. The number of benzene rings is 1. The van der Waals surface area contributed by atoms with Gasteiger partial charge in [-0.15, -0.1) is 0 Å². The van der Waals surface area contributed by atoms with Gasteiger partial charge in [0, 0.05) is 43.4 Å². The summed E-state index contributed by atoms with van der Waals surface area (Å²) < 4.78 is 29.2. The number of ether oxygens (including phenoxy) is 1. The summed E-state index contributed by atoms with van der Waals surface area (Å²) in [6, 6.07) is 4.24. The fraction of sp³-hybridized carbons (Fsp3) is 0.625. The normalized spacial score (nSPS) is 28.1. The molecule has 0 radical (unpaired) electrons. The van der Waals surface area contributed by atoms with E-state index in [0.29, 0.717) is 11.6 Å². The van der Waals surface area contributed by atoms with Gasteiger partial charge in [0.25, 0.3) is 5.69 Å². The molecular formula is C16H22N2O5S. The number of nitro benzene ring substituents is 1. The van der Waals surface area contributed by atoms with Crippen LogP contribution in [0.2, 0.25) is 0 Å². The second-order valence-electron chi connectivity index (χ2n) is 7.30. The Hall–Kier alpha value is -1.67. The van der Waals surface area contributed by atoms with Crippen LogP contribution in [0.5, 0.6) is 0 Å². The first kappa shape index (κ1) is 17.2. The third-order valence-corrected chi connectivity index (χ3v) is 6.52. The molecule has 0 spiro atoms. The maximum Gasteiger partial charge on any atom is 0.293 e. The molecule has 1 aromatic carbocycles. The summed E-state index contributed by atoms with van der Waals surface area (Å²) in [7, 11) is -1.66. The summed E-state index contributed by atoms with van der Waals surface area (Å²) in [5, 5.41) is 11.5. The van der Waals surface area contributed by atoms with Gasteiger partial charge < -0.3 is 9.64 Å². The lowest BCUT2D eigenvalue weighted by molar-refractivity contribution is -0.384. The zero-order chi connectivity index (χ0) is 17.9. The van der Waals surface area contributed by atoms with Gasteiger partial charge in [-0.25, -0.2) is 8.42 Å². The van der Waals surface area contributed by atoms with Crippen molar-refractivity contribution in [2.24, 2.45) is 11.3 Å². The summed E-state index contributed by atoms with van der Waals surface area (Å²) in [6.07, 6.45) is 2.17. The maximum atomic E-state index is 11.7. The number of sulfone groups is 1. The van der Waals surface area contributed by atoms with Gasteiger partial charge in [0.15, 0.2) is 9.84 Å². The summed E-state index contributed by atoms with van der Waals surface area (Å²) in [5.41, 5.74) is 0.147. The average molecular weight is 354 g/mol. The van der Waals surface area contributed by atoms with E-state index in [1.165, 1.54) is 12.1 Å². The first-order valence-electron chi connectivity index (χ1n) is 7.88. The molecule has 1 aliphatic carbocycles. The number of nitrogens with zero attached hydrogens (tertiary/aromatic N) is 2. The Morgan fingerprint density at radius 1 is 1.38 bits per heavy atom. The number of anilines is 1. The van der Waals surface area contributed by atoms with Gasteiger partial charge in [-0.2, -0.15) is 0 Å². The van der Waals surface area contributed by atoms with Crippen LogP contribution in [0.1, 0.15) is 20.3 Å². The van der Waals surface area contributed by atoms with Crippen LogP contribution in [-0.2, 0) is 14.6 Å². The fourth-order valence-corrected chi connectivity index (χ4v) is 5.05. The van der Waals surface area contributed by atoms with E-state index in [-0.39, 0.29) is 28.1 Å². The molecule has 1 aliphatic heterocycles. The van der Waals surface area contributed by atoms with Crippen LogP contribution in [0, 0.1) is 21.4 Å². The largest absolute Gasteiger partial charge is 0.377 e. The van der Waals surface area contributed by atoms with Crippen molar-refractivity contribution in [3.05, 3.63) is 28.3 Å². The van der Waals surface area contributed by atoms with Crippen molar-refractivity contribution in [2.75, 3.05) is 24.8 Å². The van der Waals surface area contributed by atoms with Crippen LogP contribution in [0.25, 0.3) is 0 Å². The second kappa shape index (κ2) is 5.42. The van der Waals surface area contributed by atoms with E-state index in [1.807, 2.05) is 11.9 Å². The highest BCUT2D eigenvalue weighted by atomic mass is 32.2. The molecule has 1 aromatic rings. The number of rotatable bonds is 4. The van der Waals surface area contributed by atoms with E-state index in [2.05, 4.69) is 13.8 Å². The highest BCUT2D eigenvalue weighted by Crippen LogP contribution is 2.55. The van der Waals surface area contributed by atoms with Crippen molar-refractivity contribution in [1.29, 1.82) is 0 Å². The Balaban J connectivity index is 2.01. The third kappa shape index (κ3) is 2.48. The molecule has 132 valence electrons. The van der Waals surface area contributed by atoms with Gasteiger partial charge >= 0.3 is 0 Å². The lowest BCUT2D eigenvalue weighted by atomic mass is 9.56. The van der Waals surface area contributed by atoms with Crippen molar-refractivity contribution >= 4 is 21.2 Å². The van der Waals surface area contributed by atoms with Crippen molar-refractivity contribution in [1.82, 2.24) is 0 Å². The standard InChI is InChI=1S/C16H22N2O5S/c1-16(2)14(11-7-8-23-15(11)16)17(3)12-6-5-10(24(4,21)22)9-13(12)18(19)20/h5-6,9,11,14-15H,7-8H2,1-4H3. The zero-order valence-electron chi connectivity index (χ0n) is 14.2. The minimum absolute atomic E-state index is 0.0405. The van der Waals surface area contributed by atoms with Crippen LogP contribution in [0.3, 0.4) is 0 Å². The van der Waals surface area contributed by atoms with Crippen molar-refractivity contribution in [2.45, 2.75) is 37.3 Å². The minimum atomic E-state index is -3.49. The molecule has 0 N–H and O–H groups in total. The van der Waals surface area contributed by atoms with Crippen molar-refractivity contribution < 1.29 is 18.1 Å². The lowest BCUT2D eigenvalue weighted by Gasteiger charge is -2.58. The first-order valence-corrected chi connectivity index (χ1v) is 9.77. The molecule has 0 aromatic heterocycles. The summed E-state index contributed by atoms with van der Waals surface area (Å²) >= 11 is 0. The smallest absolute Gasteiger partial charge is 0.293 e. The summed E-state index contributed by atoms with van der Waals surface area (Å²) in [4.78, 5) is 12.8. The molecule has 0 amide bonds. The average Bonchev–Trinajstić information content (AvgIpc) is 2.91. The molecule has 2 fully saturated rings. The van der Waals surface area contributed by atoms with Crippen LogP contribution in [0.4, 0.5) is 11.4 Å². The molecule has 1 saturated carbocycles. The predicted molar refractivity (Wildman–Crippen MR) is 90.0 cm³/mol. The number of nitro groups is 1. The molecule has 2 aliphatic rings. The van der Waals surface area contributed by atoms with Gasteiger partial charge in [-0.3, -0.25) is 10.1 Å². The molecule has 1 heterocycles. The molecule has 1 saturated heterocycles. The molecular weight excluding hydrogens is 332 g/mol. The van der Waals surface area contributed by atoms with Crippen LogP contribution >= 0.6 is 0 Å². The number of hydrogen-bond acceptors (Lipinski definition) is 6. The molecule has 8 heteroatoms. The Morgan fingerprint density at radius 3 is 2.62 bits per heavy atom. The van der Waals surface area contributed by atoms with Gasteiger partial charge in [-0.1, -0.05) is 13.8 Å². The number of fused-ring (bicyclic) bond motifs is 1. The minimum Gasteiger partial charge on any atom is -0.377 e. The van der Waals surface area contributed by atoms with E-state index in [9.17, 15) is 18.5 Å². The molecule has 3 atom stereocenters. The Kier molecular flexibility index (Phi) is 3.88. The molecule has 3 unspecified atom stereocenters. The van der Waals surface area contributed by atoms with Crippen molar-refractivity contribution in [3.63, 3.8) is 0 Å². The van der Waals surface area contributed by atoms with E-state index in [4.69, 9.17) is 4.74 Å². The Labute approximate surface area is 141 Å². The zero-order valence-corrected chi connectivity index (χ0v) is 15.0. The lowest BCUT2D eigenvalue weighted by Crippen LogP contribution is -2.66. The topological polar surface area (TPSA) is 89.8 Å². The highest BCUT2D eigenvalue weighted by molar-refractivity contribution is 7.90. The van der Waals surface area contributed by atoms with E-state index in [1.54, 1.807) is 0 Å². The monoisotopic (exact) mass is 354 g/mol. The van der Waals surface area contributed by atoms with Crippen molar-refractivity contribution in [3.8, 4) is 0 Å². The highest BCUT2D eigenvalue weighted by Gasteiger charge is 2.61. The molecule has 3 rings (SSSR count). The SMILES string of the molecule is CN(c1ccc(S(C)(=O)=O)cc1[N+](=O)[O-])C1C2CCOC2C1(C)C. The second-order valence-corrected chi connectivity index (χ2v) is 9.32. The first-order chi connectivity index (χ1) is 11.0. The van der Waals surface area contributed by atoms with E-state index >= 15 is 0 Å². The van der Waals surface area contributed by atoms with E-state index in [0.717, 1.165) is 25.3 Å². The molecule has 7 nitrogen and oxygen atoms in total. The Morgan fingerprint density at radius 2 is 2.04 bits per heavy atom. The van der Waals surface area contributed by atoms with Gasteiger partial charge in [-0.05, 0) is 18.6 Å². The predicted octanol–water partition coefficient (Wildman–Crippen LogP) is 2.25. The summed E-state index contributed by atoms with van der Waals surface area (Å²) in [6.45, 7) is 4.94. The van der Waals surface area contributed by atoms with Gasteiger partial charge in [0.2, 0.25) is 0 Å². The van der Waals surface area contributed by atoms with Crippen LogP contribution < -0.4 is 4.90 Å². The maximum absolute atomic E-state index is 11.7. The fourth-order valence-electron chi connectivity index (χ4n) is 4.41. The summed E-state index contributed by atoms with van der Waals surface area (Å²) in [5.74, 6) is 0.346. The van der Waals surface area contributed by atoms with E-state index < -0.39 is 14.8 Å². The van der Waals surface area contributed by atoms with Gasteiger partial charge in [0.05, 0.1) is 15.9 Å². The van der Waals surface area contributed by atoms with Crippen LogP contribution in [0.15, 0.2) is 23.1 Å². The van der Waals surface area contributed by atoms with Gasteiger partial charge in [0.1, 0.15) is 5.69 Å². The third-order valence-electron chi connectivity index (χ3n) is 5.41. The number of hydrogen-bond donors (Lipinski definition) is 0. The molecule has 24 heavy (non-hydrogen) atoms. The Bertz CT molecular complexity index is 790. The van der Waals surface area contributed by atoms with Crippen LogP contribution in [-0.4, -0.2) is 45.4 Å².